The van der Waals surface area contributed by atoms with Crippen molar-refractivity contribution in [3.05, 3.63) is 34.5 Å². The Morgan fingerprint density at radius 2 is 2.36 bits per heavy atom. The van der Waals surface area contributed by atoms with Crippen molar-refractivity contribution in [2.24, 2.45) is 12.0 Å². The minimum atomic E-state index is 0.420. The molecule has 2 rings (SSSR count). The van der Waals surface area contributed by atoms with Crippen LogP contribution in [0.3, 0.4) is 0 Å². The summed E-state index contributed by atoms with van der Waals surface area (Å²) >= 11 is 1.73. The fourth-order valence-corrected chi connectivity index (χ4v) is 2.89. The average molecular weight is 320 g/mol. The molecule has 0 amide bonds. The fraction of sp³-hybridized carbons (Fsp3) is 0.533. The standard InChI is InChI=1S/C15H24N6S/c1-5-16-15(17-8-12(2)13-6-7-22-10-13)20(3)9-14-18-11-19-21(14)4/h6-7,10-12H,5,8-9H2,1-4H3,(H,16,17). The van der Waals surface area contributed by atoms with Crippen molar-refractivity contribution in [3.63, 3.8) is 0 Å². The zero-order valence-electron chi connectivity index (χ0n) is 13.7. The Morgan fingerprint density at radius 1 is 1.55 bits per heavy atom. The quantitative estimate of drug-likeness (QED) is 0.654. The Balaban J connectivity index is 2.01. The van der Waals surface area contributed by atoms with E-state index in [1.807, 2.05) is 14.1 Å². The summed E-state index contributed by atoms with van der Waals surface area (Å²) in [5, 5.41) is 11.7. The highest BCUT2D eigenvalue weighted by atomic mass is 32.1. The number of hydrogen-bond acceptors (Lipinski definition) is 4. The molecule has 0 aromatic carbocycles. The summed E-state index contributed by atoms with van der Waals surface area (Å²) in [6.45, 7) is 6.57. The Bertz CT molecular complexity index is 589. The molecule has 0 bridgehead atoms. The molecule has 2 aromatic rings. The van der Waals surface area contributed by atoms with E-state index in [9.17, 15) is 0 Å². The zero-order valence-corrected chi connectivity index (χ0v) is 14.5. The van der Waals surface area contributed by atoms with Gasteiger partial charge in [0, 0.05) is 33.1 Å². The highest BCUT2D eigenvalue weighted by Crippen LogP contribution is 2.18. The normalized spacial score (nSPS) is 13.2. The third-order valence-electron chi connectivity index (χ3n) is 3.51. The summed E-state index contributed by atoms with van der Waals surface area (Å²) in [6.07, 6.45) is 1.58. The van der Waals surface area contributed by atoms with Crippen molar-refractivity contribution in [2.75, 3.05) is 20.1 Å². The van der Waals surface area contributed by atoms with Crippen molar-refractivity contribution >= 4 is 17.3 Å². The van der Waals surface area contributed by atoms with E-state index >= 15 is 0 Å². The molecule has 0 radical (unpaired) electrons. The van der Waals surface area contributed by atoms with Gasteiger partial charge in [-0.2, -0.15) is 16.4 Å². The first-order valence-electron chi connectivity index (χ1n) is 7.46. The van der Waals surface area contributed by atoms with E-state index in [0.717, 1.165) is 24.9 Å². The smallest absolute Gasteiger partial charge is 0.194 e. The maximum Gasteiger partial charge on any atom is 0.194 e. The van der Waals surface area contributed by atoms with E-state index in [4.69, 9.17) is 4.99 Å². The first-order chi connectivity index (χ1) is 10.6. The third kappa shape index (κ3) is 4.30. The molecule has 0 saturated heterocycles. The van der Waals surface area contributed by atoms with Gasteiger partial charge in [0.05, 0.1) is 6.54 Å². The van der Waals surface area contributed by atoms with E-state index in [1.165, 1.54) is 5.56 Å². The number of aliphatic imine (C=N–C) groups is 1. The van der Waals surface area contributed by atoms with E-state index in [1.54, 1.807) is 22.3 Å². The van der Waals surface area contributed by atoms with E-state index < -0.39 is 0 Å². The lowest BCUT2D eigenvalue weighted by Crippen LogP contribution is -2.39. The maximum absolute atomic E-state index is 4.76. The average Bonchev–Trinajstić information content (AvgIpc) is 3.15. The van der Waals surface area contributed by atoms with Crippen LogP contribution in [0.4, 0.5) is 0 Å². The molecule has 0 spiro atoms. The summed E-state index contributed by atoms with van der Waals surface area (Å²) < 4.78 is 1.79. The highest BCUT2D eigenvalue weighted by molar-refractivity contribution is 7.07. The molecule has 0 aliphatic heterocycles. The molecule has 1 N–H and O–H groups in total. The lowest BCUT2D eigenvalue weighted by atomic mass is 10.1. The zero-order chi connectivity index (χ0) is 15.9. The predicted octanol–water partition coefficient (Wildman–Crippen LogP) is 2.08. The second-order valence-electron chi connectivity index (χ2n) is 5.31. The van der Waals surface area contributed by atoms with Gasteiger partial charge in [-0.25, -0.2) is 4.98 Å². The van der Waals surface area contributed by atoms with Crippen molar-refractivity contribution < 1.29 is 0 Å². The van der Waals surface area contributed by atoms with Crippen molar-refractivity contribution in [1.29, 1.82) is 0 Å². The van der Waals surface area contributed by atoms with Crippen molar-refractivity contribution in [2.45, 2.75) is 26.3 Å². The van der Waals surface area contributed by atoms with Gasteiger partial charge < -0.3 is 10.2 Å². The van der Waals surface area contributed by atoms with Crippen LogP contribution in [-0.4, -0.2) is 45.8 Å². The predicted molar refractivity (Wildman–Crippen MR) is 91.2 cm³/mol. The van der Waals surface area contributed by atoms with Crippen LogP contribution in [0.5, 0.6) is 0 Å². The molecule has 7 heteroatoms. The van der Waals surface area contributed by atoms with E-state index in [-0.39, 0.29) is 0 Å². The molecule has 0 saturated carbocycles. The molecule has 2 heterocycles. The van der Waals surface area contributed by atoms with Crippen LogP contribution in [-0.2, 0) is 13.6 Å². The molecule has 0 aliphatic carbocycles. The molecule has 0 aliphatic rings. The number of hydrogen-bond donors (Lipinski definition) is 1. The van der Waals surface area contributed by atoms with Gasteiger partial charge in [-0.15, -0.1) is 0 Å². The lowest BCUT2D eigenvalue weighted by Gasteiger charge is -2.22. The van der Waals surface area contributed by atoms with Gasteiger partial charge in [0.2, 0.25) is 0 Å². The SMILES string of the molecule is CCNC(=NCC(C)c1ccsc1)N(C)Cc1ncnn1C. The van der Waals surface area contributed by atoms with E-state index in [2.05, 4.69) is 51.0 Å². The van der Waals surface area contributed by atoms with Crippen LogP contribution in [0, 0.1) is 0 Å². The molecule has 22 heavy (non-hydrogen) atoms. The number of aryl methyl sites for hydroxylation is 1. The van der Waals surface area contributed by atoms with E-state index in [0.29, 0.717) is 12.5 Å². The third-order valence-corrected chi connectivity index (χ3v) is 4.21. The number of rotatable bonds is 6. The summed E-state index contributed by atoms with van der Waals surface area (Å²) in [6, 6.07) is 2.17. The van der Waals surface area contributed by atoms with Gasteiger partial charge in [0.25, 0.3) is 0 Å². The topological polar surface area (TPSA) is 58.3 Å². The minimum absolute atomic E-state index is 0.420. The Morgan fingerprint density at radius 3 is 2.95 bits per heavy atom. The van der Waals surface area contributed by atoms with Crippen LogP contribution in [0.1, 0.15) is 31.2 Å². The molecule has 120 valence electrons. The van der Waals surface area contributed by atoms with Crippen LogP contribution in [0.25, 0.3) is 0 Å². The summed E-state index contributed by atoms with van der Waals surface area (Å²) in [4.78, 5) is 11.1. The summed E-state index contributed by atoms with van der Waals surface area (Å²) in [5.41, 5.74) is 1.35. The minimum Gasteiger partial charge on any atom is -0.357 e. The van der Waals surface area contributed by atoms with Gasteiger partial charge in [-0.1, -0.05) is 6.92 Å². The Kier molecular flexibility index (Phi) is 5.94. The van der Waals surface area contributed by atoms with Gasteiger partial charge >= 0.3 is 0 Å². The first kappa shape index (κ1) is 16.5. The number of thiophene rings is 1. The molecular formula is C15H24N6S. The van der Waals surface area contributed by atoms with Gasteiger partial charge in [0.15, 0.2) is 5.96 Å². The molecular weight excluding hydrogens is 296 g/mol. The van der Waals surface area contributed by atoms with Crippen LogP contribution in [0.15, 0.2) is 28.1 Å². The highest BCUT2D eigenvalue weighted by Gasteiger charge is 2.11. The number of nitrogens with one attached hydrogen (secondary N) is 1. The summed E-state index contributed by atoms with van der Waals surface area (Å²) in [7, 11) is 3.92. The monoisotopic (exact) mass is 320 g/mol. The number of guanidine groups is 1. The lowest BCUT2D eigenvalue weighted by molar-refractivity contribution is 0.448. The maximum atomic E-state index is 4.76. The molecule has 6 nitrogen and oxygen atoms in total. The van der Waals surface area contributed by atoms with Crippen molar-refractivity contribution in [1.82, 2.24) is 25.0 Å². The molecule has 0 fully saturated rings. The Labute approximate surface area is 135 Å². The van der Waals surface area contributed by atoms with Crippen LogP contribution < -0.4 is 5.32 Å². The summed E-state index contributed by atoms with van der Waals surface area (Å²) in [5.74, 6) is 2.23. The Hall–Kier alpha value is -1.89. The van der Waals surface area contributed by atoms with Gasteiger partial charge in [-0.05, 0) is 29.3 Å². The van der Waals surface area contributed by atoms with Crippen molar-refractivity contribution in [3.8, 4) is 0 Å². The molecule has 1 atom stereocenters. The fourth-order valence-electron chi connectivity index (χ4n) is 2.10. The number of aromatic nitrogens is 3. The van der Waals surface area contributed by atoms with Gasteiger partial charge in [0.1, 0.15) is 12.2 Å². The second kappa shape index (κ2) is 7.93. The molecule has 1 unspecified atom stereocenters. The van der Waals surface area contributed by atoms with Crippen LogP contribution in [0.2, 0.25) is 0 Å². The number of nitrogens with zero attached hydrogens (tertiary/aromatic N) is 5. The van der Waals surface area contributed by atoms with Gasteiger partial charge in [-0.3, -0.25) is 9.67 Å². The van der Waals surface area contributed by atoms with Crippen LogP contribution >= 0.6 is 11.3 Å². The molecule has 2 aromatic heterocycles. The second-order valence-corrected chi connectivity index (χ2v) is 6.09. The largest absolute Gasteiger partial charge is 0.357 e. The first-order valence-corrected chi connectivity index (χ1v) is 8.40.